The molecule has 2 aromatic rings. The topological polar surface area (TPSA) is 143 Å². The molecule has 1 aromatic heterocycles. The second kappa shape index (κ2) is 11.2. The van der Waals surface area contributed by atoms with Gasteiger partial charge in [-0.1, -0.05) is 18.2 Å². The van der Waals surface area contributed by atoms with E-state index in [4.69, 9.17) is 9.47 Å². The number of carbonyl (C=O) groups excluding carboxylic acids is 3. The molecule has 0 aliphatic carbocycles. The fourth-order valence-corrected chi connectivity index (χ4v) is 2.35. The predicted molar refractivity (Wildman–Crippen MR) is 128 cm³/mol. The van der Waals surface area contributed by atoms with Crippen LogP contribution in [-0.2, 0) is 14.3 Å². The zero-order valence-electron chi connectivity index (χ0n) is 20.1. The second-order valence-electron chi connectivity index (χ2n) is 9.13. The number of benzene rings is 1. The lowest BCUT2D eigenvalue weighted by Crippen LogP contribution is -2.37. The number of nitrogens with zero attached hydrogens (tertiary/aromatic N) is 3. The standard InChI is InChI=1S/C23H30N6O5/c1-22(2,3)33-20(31)24-14-18(30)27-19-16(29-28-15-10-8-7-9-11-15)12-13-17(25-19)26-21(32)34-23(4,5)6/h7-13H,14H2,1-6H3,(H,24,31)(H2,25,26,27,30,32)/b29-28+. The van der Waals surface area contributed by atoms with Crippen molar-refractivity contribution in [2.24, 2.45) is 10.2 Å². The van der Waals surface area contributed by atoms with Gasteiger partial charge in [-0.2, -0.15) is 5.11 Å². The summed E-state index contributed by atoms with van der Waals surface area (Å²) < 4.78 is 10.3. The Morgan fingerprint density at radius 2 is 1.44 bits per heavy atom. The van der Waals surface area contributed by atoms with Crippen molar-refractivity contribution in [2.75, 3.05) is 17.2 Å². The Morgan fingerprint density at radius 3 is 2.06 bits per heavy atom. The van der Waals surface area contributed by atoms with Crippen molar-refractivity contribution in [3.8, 4) is 0 Å². The van der Waals surface area contributed by atoms with Gasteiger partial charge in [-0.05, 0) is 65.8 Å². The maximum atomic E-state index is 12.4. The number of pyridine rings is 1. The molecule has 0 radical (unpaired) electrons. The number of ether oxygens (including phenoxy) is 2. The van der Waals surface area contributed by atoms with E-state index in [1.807, 2.05) is 18.2 Å². The highest BCUT2D eigenvalue weighted by molar-refractivity contribution is 5.95. The van der Waals surface area contributed by atoms with Gasteiger partial charge in [0.05, 0.1) is 5.69 Å². The number of amides is 3. The van der Waals surface area contributed by atoms with E-state index >= 15 is 0 Å². The maximum Gasteiger partial charge on any atom is 0.413 e. The van der Waals surface area contributed by atoms with E-state index in [1.54, 1.807) is 53.7 Å². The molecule has 0 aliphatic heterocycles. The SMILES string of the molecule is CC(C)(C)OC(=O)NCC(=O)Nc1nc(NC(=O)OC(C)(C)C)ccc1/N=N/c1ccccc1. The minimum atomic E-state index is -0.736. The van der Waals surface area contributed by atoms with Gasteiger partial charge in [-0.3, -0.25) is 10.1 Å². The van der Waals surface area contributed by atoms with Gasteiger partial charge in [0.2, 0.25) is 5.91 Å². The van der Waals surface area contributed by atoms with Gasteiger partial charge >= 0.3 is 12.2 Å². The van der Waals surface area contributed by atoms with E-state index < -0.39 is 29.3 Å². The van der Waals surface area contributed by atoms with Crippen LogP contribution in [0.4, 0.5) is 32.6 Å². The second-order valence-corrected chi connectivity index (χ2v) is 9.13. The minimum absolute atomic E-state index is 0.0317. The zero-order valence-corrected chi connectivity index (χ0v) is 20.1. The molecule has 0 atom stereocenters. The molecule has 1 aromatic carbocycles. The van der Waals surface area contributed by atoms with Crippen LogP contribution in [0.2, 0.25) is 0 Å². The van der Waals surface area contributed by atoms with Crippen LogP contribution >= 0.6 is 0 Å². The third kappa shape index (κ3) is 10.1. The molecule has 3 N–H and O–H groups in total. The summed E-state index contributed by atoms with van der Waals surface area (Å²) in [5, 5.41) is 15.7. The van der Waals surface area contributed by atoms with Crippen LogP contribution in [0.5, 0.6) is 0 Å². The van der Waals surface area contributed by atoms with Crippen molar-refractivity contribution in [2.45, 2.75) is 52.7 Å². The van der Waals surface area contributed by atoms with Crippen LogP contribution in [0.25, 0.3) is 0 Å². The fraction of sp³-hybridized carbons (Fsp3) is 0.391. The molecule has 2 rings (SSSR count). The third-order valence-corrected chi connectivity index (χ3v) is 3.58. The van der Waals surface area contributed by atoms with Gasteiger partial charge in [0.1, 0.15) is 29.3 Å². The molecule has 0 fully saturated rings. The van der Waals surface area contributed by atoms with Crippen LogP contribution < -0.4 is 16.0 Å². The molecule has 3 amide bonds. The number of azo groups is 1. The monoisotopic (exact) mass is 470 g/mol. The van der Waals surface area contributed by atoms with E-state index in [9.17, 15) is 14.4 Å². The molecule has 0 aliphatic rings. The molecule has 0 saturated carbocycles. The van der Waals surface area contributed by atoms with Gasteiger partial charge in [-0.25, -0.2) is 14.6 Å². The lowest BCUT2D eigenvalue weighted by atomic mass is 10.2. The molecule has 0 unspecified atom stereocenters. The number of nitrogens with one attached hydrogen (secondary N) is 3. The van der Waals surface area contributed by atoms with Crippen LogP contribution in [0.3, 0.4) is 0 Å². The highest BCUT2D eigenvalue weighted by atomic mass is 16.6. The van der Waals surface area contributed by atoms with E-state index in [1.165, 1.54) is 12.1 Å². The Balaban J connectivity index is 2.18. The minimum Gasteiger partial charge on any atom is -0.444 e. The molecule has 11 heteroatoms. The number of hydrogen-bond donors (Lipinski definition) is 3. The van der Waals surface area contributed by atoms with Crippen molar-refractivity contribution in [1.29, 1.82) is 0 Å². The van der Waals surface area contributed by atoms with E-state index in [0.29, 0.717) is 5.69 Å². The number of rotatable bonds is 6. The molecule has 0 saturated heterocycles. The van der Waals surface area contributed by atoms with E-state index in [-0.39, 0.29) is 23.9 Å². The zero-order chi connectivity index (χ0) is 25.4. The molecule has 0 spiro atoms. The van der Waals surface area contributed by atoms with Crippen LogP contribution in [-0.4, -0.2) is 40.8 Å². The highest BCUT2D eigenvalue weighted by Crippen LogP contribution is 2.27. The summed E-state index contributed by atoms with van der Waals surface area (Å²) in [7, 11) is 0. The quantitative estimate of drug-likeness (QED) is 0.488. The Kier molecular flexibility index (Phi) is 8.65. The van der Waals surface area contributed by atoms with Gasteiger partial charge in [0.15, 0.2) is 5.82 Å². The predicted octanol–water partition coefficient (Wildman–Crippen LogP) is 5.31. The molecular formula is C23H30N6O5. The number of carbonyl (C=O) groups is 3. The number of anilines is 2. The summed E-state index contributed by atoms with van der Waals surface area (Å²) in [5.41, 5.74) is -0.556. The van der Waals surface area contributed by atoms with Gasteiger partial charge < -0.3 is 20.1 Å². The highest BCUT2D eigenvalue weighted by Gasteiger charge is 2.19. The van der Waals surface area contributed by atoms with Crippen molar-refractivity contribution >= 4 is 41.1 Å². The number of alkyl carbamates (subject to hydrolysis) is 1. The first-order chi connectivity index (χ1) is 15.8. The summed E-state index contributed by atoms with van der Waals surface area (Å²) in [4.78, 5) is 40.6. The number of aromatic nitrogens is 1. The molecule has 1 heterocycles. The van der Waals surface area contributed by atoms with Crippen molar-refractivity contribution in [3.05, 3.63) is 42.5 Å². The summed E-state index contributed by atoms with van der Waals surface area (Å²) >= 11 is 0. The molecule has 0 bridgehead atoms. The van der Waals surface area contributed by atoms with E-state index in [2.05, 4.69) is 31.2 Å². The van der Waals surface area contributed by atoms with Crippen molar-refractivity contribution in [3.63, 3.8) is 0 Å². The first kappa shape index (κ1) is 26.2. The molecule has 11 nitrogen and oxygen atoms in total. The van der Waals surface area contributed by atoms with E-state index in [0.717, 1.165) is 0 Å². The van der Waals surface area contributed by atoms with Crippen molar-refractivity contribution in [1.82, 2.24) is 10.3 Å². The van der Waals surface area contributed by atoms with Gasteiger partial charge in [0, 0.05) is 0 Å². The summed E-state index contributed by atoms with van der Waals surface area (Å²) in [6, 6.07) is 12.0. The average Bonchev–Trinajstić information content (AvgIpc) is 2.70. The lowest BCUT2D eigenvalue weighted by molar-refractivity contribution is -0.115. The largest absolute Gasteiger partial charge is 0.444 e. The average molecular weight is 471 g/mol. The van der Waals surface area contributed by atoms with Gasteiger partial charge in [0.25, 0.3) is 0 Å². The maximum absolute atomic E-state index is 12.4. The Morgan fingerprint density at radius 1 is 0.824 bits per heavy atom. The summed E-state index contributed by atoms with van der Waals surface area (Å²) in [6.07, 6.45) is -1.44. The van der Waals surface area contributed by atoms with Crippen LogP contribution in [0.1, 0.15) is 41.5 Å². The normalized spacial score (nSPS) is 11.6. The van der Waals surface area contributed by atoms with Crippen molar-refractivity contribution < 1.29 is 23.9 Å². The molecule has 182 valence electrons. The molecule has 34 heavy (non-hydrogen) atoms. The fourth-order valence-electron chi connectivity index (χ4n) is 2.35. The third-order valence-electron chi connectivity index (χ3n) is 3.58. The smallest absolute Gasteiger partial charge is 0.413 e. The lowest BCUT2D eigenvalue weighted by Gasteiger charge is -2.20. The first-order valence-electron chi connectivity index (χ1n) is 10.6. The van der Waals surface area contributed by atoms with Crippen LogP contribution in [0.15, 0.2) is 52.7 Å². The molecular weight excluding hydrogens is 440 g/mol. The Labute approximate surface area is 198 Å². The Hall–Kier alpha value is -4.02. The Bertz CT molecular complexity index is 1040. The summed E-state index contributed by atoms with van der Waals surface area (Å²) in [6.45, 7) is 9.97. The van der Waals surface area contributed by atoms with Gasteiger partial charge in [-0.15, -0.1) is 5.11 Å². The summed E-state index contributed by atoms with van der Waals surface area (Å²) in [5.74, 6) is -0.420. The van der Waals surface area contributed by atoms with Crippen LogP contribution in [0, 0.1) is 0 Å². The number of hydrogen-bond acceptors (Lipinski definition) is 8. The first-order valence-corrected chi connectivity index (χ1v) is 10.6.